The Labute approximate surface area is 87.9 Å². The summed E-state index contributed by atoms with van der Waals surface area (Å²) in [6.45, 7) is 0. The highest BCUT2D eigenvalue weighted by molar-refractivity contribution is 7.09. The number of hydrogen-bond acceptors (Lipinski definition) is 5. The van der Waals surface area contributed by atoms with Crippen molar-refractivity contribution < 1.29 is 4.74 Å². The van der Waals surface area contributed by atoms with E-state index in [4.69, 9.17) is 4.74 Å². The highest BCUT2D eigenvalue weighted by Gasteiger charge is 2.25. The van der Waals surface area contributed by atoms with E-state index in [0.29, 0.717) is 12.1 Å². The number of methoxy groups -OCH3 is 1. The van der Waals surface area contributed by atoms with Crippen molar-refractivity contribution in [1.82, 2.24) is 9.36 Å². The summed E-state index contributed by atoms with van der Waals surface area (Å²) in [5.41, 5.74) is 0. The Kier molecular flexibility index (Phi) is 3.31. The summed E-state index contributed by atoms with van der Waals surface area (Å²) in [5, 5.41) is 4.28. The lowest BCUT2D eigenvalue weighted by molar-refractivity contribution is 0.0606. The zero-order chi connectivity index (χ0) is 9.80. The molecule has 0 bridgehead atoms. The van der Waals surface area contributed by atoms with Gasteiger partial charge in [0, 0.05) is 18.6 Å². The molecule has 4 nitrogen and oxygen atoms in total. The van der Waals surface area contributed by atoms with Crippen LogP contribution in [0.2, 0.25) is 0 Å². The van der Waals surface area contributed by atoms with Crippen LogP contribution >= 0.6 is 11.5 Å². The van der Waals surface area contributed by atoms with Crippen LogP contribution in [0.4, 0.5) is 5.13 Å². The van der Waals surface area contributed by atoms with Crippen molar-refractivity contribution >= 4 is 16.7 Å². The summed E-state index contributed by atoms with van der Waals surface area (Å²) in [6, 6.07) is 0.404. The van der Waals surface area contributed by atoms with Crippen LogP contribution in [-0.2, 0) is 4.74 Å². The first-order valence-electron chi connectivity index (χ1n) is 4.96. The second-order valence-electron chi connectivity index (χ2n) is 3.56. The lowest BCUT2D eigenvalue weighted by Gasteiger charge is -2.30. The van der Waals surface area contributed by atoms with Crippen molar-refractivity contribution in [2.24, 2.45) is 0 Å². The van der Waals surface area contributed by atoms with E-state index in [-0.39, 0.29) is 0 Å². The van der Waals surface area contributed by atoms with Gasteiger partial charge in [0.15, 0.2) is 0 Å². The van der Waals surface area contributed by atoms with E-state index < -0.39 is 0 Å². The number of anilines is 1. The van der Waals surface area contributed by atoms with Gasteiger partial charge in [-0.05, 0) is 12.8 Å². The molecule has 0 spiro atoms. The van der Waals surface area contributed by atoms with Crippen molar-refractivity contribution in [3.63, 3.8) is 0 Å². The Hall–Kier alpha value is -0.680. The summed E-state index contributed by atoms with van der Waals surface area (Å²) in [5.74, 6) is 0. The Bertz CT molecular complexity index is 265. The maximum absolute atomic E-state index is 5.45. The predicted octanol–water partition coefficient (Wildman–Crippen LogP) is 1.91. The predicted molar refractivity (Wildman–Crippen MR) is 56.6 cm³/mol. The monoisotopic (exact) mass is 213 g/mol. The summed E-state index contributed by atoms with van der Waals surface area (Å²) >= 11 is 1.40. The number of rotatable bonds is 3. The number of ether oxygens (including phenoxy) is 1. The fourth-order valence-corrected chi connectivity index (χ4v) is 2.43. The van der Waals surface area contributed by atoms with Crippen LogP contribution in [0.25, 0.3) is 0 Å². The largest absolute Gasteiger partial charge is 0.379 e. The van der Waals surface area contributed by atoms with E-state index in [0.717, 1.165) is 18.0 Å². The van der Waals surface area contributed by atoms with Gasteiger partial charge in [0.05, 0.1) is 12.1 Å². The number of nitrogens with one attached hydrogen (secondary N) is 1. The van der Waals surface area contributed by atoms with E-state index in [2.05, 4.69) is 14.7 Å². The Morgan fingerprint density at radius 2 is 2.36 bits per heavy atom. The molecular weight excluding hydrogens is 198 g/mol. The zero-order valence-corrected chi connectivity index (χ0v) is 9.09. The fraction of sp³-hybridized carbons (Fsp3) is 0.778. The SMILES string of the molecule is COC1CCCCC1Nc1ncns1. The van der Waals surface area contributed by atoms with E-state index in [1.807, 2.05) is 0 Å². The van der Waals surface area contributed by atoms with Crippen molar-refractivity contribution in [3.05, 3.63) is 6.33 Å². The van der Waals surface area contributed by atoms with E-state index in [1.165, 1.54) is 24.4 Å². The van der Waals surface area contributed by atoms with Gasteiger partial charge in [0.25, 0.3) is 0 Å². The highest BCUT2D eigenvalue weighted by Crippen LogP contribution is 2.24. The first-order valence-corrected chi connectivity index (χ1v) is 5.73. The van der Waals surface area contributed by atoms with Gasteiger partial charge in [-0.25, -0.2) is 4.98 Å². The van der Waals surface area contributed by atoms with Crippen LogP contribution in [0, 0.1) is 0 Å². The summed E-state index contributed by atoms with van der Waals surface area (Å²) in [4.78, 5) is 4.12. The first kappa shape index (κ1) is 9.86. The topological polar surface area (TPSA) is 47.0 Å². The Balaban J connectivity index is 1.94. The second-order valence-corrected chi connectivity index (χ2v) is 4.34. The molecule has 1 aromatic heterocycles. The van der Waals surface area contributed by atoms with Crippen LogP contribution in [0.1, 0.15) is 25.7 Å². The molecule has 1 aliphatic carbocycles. The normalized spacial score (nSPS) is 27.5. The van der Waals surface area contributed by atoms with Crippen LogP contribution in [0.3, 0.4) is 0 Å². The molecular formula is C9H15N3OS. The molecule has 1 aliphatic rings. The standard InChI is InChI=1S/C9H15N3OS/c1-13-8-5-3-2-4-7(8)12-9-10-6-11-14-9/h6-8H,2-5H2,1H3,(H,10,11,12). The average Bonchev–Trinajstić information content (AvgIpc) is 2.71. The van der Waals surface area contributed by atoms with Gasteiger partial charge in [0.2, 0.25) is 5.13 Å². The molecule has 14 heavy (non-hydrogen) atoms. The van der Waals surface area contributed by atoms with Crippen LogP contribution in [0.15, 0.2) is 6.33 Å². The third kappa shape index (κ3) is 2.22. The zero-order valence-electron chi connectivity index (χ0n) is 8.27. The molecule has 0 aliphatic heterocycles. The van der Waals surface area contributed by atoms with Crippen molar-refractivity contribution in [3.8, 4) is 0 Å². The lowest BCUT2D eigenvalue weighted by Crippen LogP contribution is -2.37. The van der Waals surface area contributed by atoms with Crippen molar-refractivity contribution in [1.29, 1.82) is 0 Å². The minimum Gasteiger partial charge on any atom is -0.379 e. The number of aromatic nitrogens is 2. The molecule has 0 amide bonds. The van der Waals surface area contributed by atoms with Crippen molar-refractivity contribution in [2.75, 3.05) is 12.4 Å². The molecule has 1 heterocycles. The summed E-state index contributed by atoms with van der Waals surface area (Å²) < 4.78 is 9.41. The average molecular weight is 213 g/mol. The maximum atomic E-state index is 5.45. The van der Waals surface area contributed by atoms with E-state index in [9.17, 15) is 0 Å². The number of hydrogen-bond donors (Lipinski definition) is 1. The summed E-state index contributed by atoms with van der Waals surface area (Å²) in [7, 11) is 1.78. The minimum absolute atomic E-state index is 0.327. The highest BCUT2D eigenvalue weighted by atomic mass is 32.1. The van der Waals surface area contributed by atoms with Crippen LogP contribution in [-0.4, -0.2) is 28.6 Å². The third-order valence-corrected chi connectivity index (χ3v) is 3.27. The van der Waals surface area contributed by atoms with Crippen LogP contribution in [0.5, 0.6) is 0 Å². The molecule has 78 valence electrons. The van der Waals surface area contributed by atoms with Gasteiger partial charge in [-0.2, -0.15) is 4.37 Å². The smallest absolute Gasteiger partial charge is 0.202 e. The lowest BCUT2D eigenvalue weighted by atomic mass is 9.92. The molecule has 0 radical (unpaired) electrons. The van der Waals surface area contributed by atoms with Gasteiger partial charge in [-0.3, -0.25) is 0 Å². The molecule has 5 heteroatoms. The van der Waals surface area contributed by atoms with Gasteiger partial charge in [-0.1, -0.05) is 12.8 Å². The molecule has 0 saturated heterocycles. The quantitative estimate of drug-likeness (QED) is 0.833. The summed E-state index contributed by atoms with van der Waals surface area (Å²) in [6.07, 6.45) is 6.76. The molecule has 1 fully saturated rings. The van der Waals surface area contributed by atoms with Gasteiger partial charge in [-0.15, -0.1) is 0 Å². The molecule has 1 aromatic rings. The second kappa shape index (κ2) is 4.70. The molecule has 1 saturated carbocycles. The maximum Gasteiger partial charge on any atom is 0.202 e. The van der Waals surface area contributed by atoms with Gasteiger partial charge >= 0.3 is 0 Å². The van der Waals surface area contributed by atoms with Gasteiger partial charge in [0.1, 0.15) is 6.33 Å². The van der Waals surface area contributed by atoms with Crippen molar-refractivity contribution in [2.45, 2.75) is 37.8 Å². The van der Waals surface area contributed by atoms with Crippen LogP contribution < -0.4 is 5.32 Å². The Morgan fingerprint density at radius 1 is 1.50 bits per heavy atom. The molecule has 1 N–H and O–H groups in total. The Morgan fingerprint density at radius 3 is 3.07 bits per heavy atom. The fourth-order valence-electron chi connectivity index (χ4n) is 1.94. The van der Waals surface area contributed by atoms with Gasteiger partial charge < -0.3 is 10.1 Å². The van der Waals surface area contributed by atoms with E-state index >= 15 is 0 Å². The minimum atomic E-state index is 0.327. The molecule has 0 aromatic carbocycles. The molecule has 2 atom stereocenters. The molecule has 2 unspecified atom stereocenters. The molecule has 2 rings (SSSR count). The third-order valence-electron chi connectivity index (χ3n) is 2.68. The number of nitrogens with zero attached hydrogens (tertiary/aromatic N) is 2. The van der Waals surface area contributed by atoms with E-state index in [1.54, 1.807) is 13.4 Å². The first-order chi connectivity index (χ1) is 6.90.